The lowest BCUT2D eigenvalue weighted by Crippen LogP contribution is -2.21. The Morgan fingerprint density at radius 1 is 1.22 bits per heavy atom. The monoisotopic (exact) mass is 364 g/mol. The lowest BCUT2D eigenvalue weighted by molar-refractivity contribution is 0.0697. The van der Waals surface area contributed by atoms with Crippen LogP contribution in [0.4, 0.5) is 5.82 Å². The molecule has 4 rings (SSSR count). The average molecular weight is 364 g/mol. The molecule has 138 valence electrons. The van der Waals surface area contributed by atoms with Crippen molar-refractivity contribution in [3.05, 3.63) is 65.0 Å². The third-order valence-corrected chi connectivity index (χ3v) is 4.77. The third kappa shape index (κ3) is 3.17. The Morgan fingerprint density at radius 2 is 2.07 bits per heavy atom. The Labute approximate surface area is 156 Å². The Balaban J connectivity index is 1.73. The molecule has 2 aromatic heterocycles. The second-order valence-corrected chi connectivity index (χ2v) is 6.66. The molecule has 7 heteroatoms. The maximum atomic E-state index is 11.7. The molecule has 1 aliphatic rings. The van der Waals surface area contributed by atoms with E-state index in [1.807, 2.05) is 36.1 Å². The van der Waals surface area contributed by atoms with Crippen molar-refractivity contribution >= 4 is 11.8 Å². The van der Waals surface area contributed by atoms with Crippen LogP contribution in [-0.4, -0.2) is 37.6 Å². The first-order valence-corrected chi connectivity index (χ1v) is 8.77. The van der Waals surface area contributed by atoms with Crippen molar-refractivity contribution < 1.29 is 15.0 Å². The molecule has 0 bridgehead atoms. The number of carbonyl (C=O) groups is 1. The van der Waals surface area contributed by atoms with Crippen molar-refractivity contribution in [2.24, 2.45) is 0 Å². The molecule has 1 aromatic carbocycles. The summed E-state index contributed by atoms with van der Waals surface area (Å²) in [5, 5.41) is 23.1. The highest BCUT2D eigenvalue weighted by Crippen LogP contribution is 2.31. The summed E-state index contributed by atoms with van der Waals surface area (Å²) in [6, 6.07) is 11.3. The summed E-state index contributed by atoms with van der Waals surface area (Å²) >= 11 is 0. The maximum absolute atomic E-state index is 11.7. The summed E-state index contributed by atoms with van der Waals surface area (Å²) in [5.74, 6) is -0.547. The molecule has 3 aromatic rings. The zero-order valence-corrected chi connectivity index (χ0v) is 15.0. The first-order valence-electron chi connectivity index (χ1n) is 8.77. The largest absolute Gasteiger partial charge is 0.478 e. The van der Waals surface area contributed by atoms with Crippen LogP contribution in [0.1, 0.15) is 27.2 Å². The molecule has 0 radical (unpaired) electrons. The van der Waals surface area contributed by atoms with Gasteiger partial charge in [0.15, 0.2) is 0 Å². The van der Waals surface area contributed by atoms with Crippen molar-refractivity contribution in [1.82, 2.24) is 14.8 Å². The van der Waals surface area contributed by atoms with Crippen molar-refractivity contribution in [2.75, 3.05) is 11.5 Å². The molecule has 7 nitrogen and oxygen atoms in total. The van der Waals surface area contributed by atoms with Gasteiger partial charge in [0.05, 0.1) is 37.3 Å². The van der Waals surface area contributed by atoms with Crippen LogP contribution in [0.2, 0.25) is 0 Å². The van der Waals surface area contributed by atoms with E-state index in [1.54, 1.807) is 23.0 Å². The number of pyridine rings is 1. The van der Waals surface area contributed by atoms with Crippen LogP contribution in [-0.2, 0) is 19.6 Å². The summed E-state index contributed by atoms with van der Waals surface area (Å²) in [6.07, 6.45) is 1.77. The Kier molecular flexibility index (Phi) is 4.37. The lowest BCUT2D eigenvalue weighted by Gasteiger charge is -2.20. The predicted octanol–water partition coefficient (Wildman–Crippen LogP) is 2.46. The lowest BCUT2D eigenvalue weighted by atomic mass is 10.1. The normalized spacial score (nSPS) is 13.0. The fourth-order valence-electron chi connectivity index (χ4n) is 3.47. The zero-order valence-electron chi connectivity index (χ0n) is 15.0. The van der Waals surface area contributed by atoms with E-state index < -0.39 is 5.97 Å². The highest BCUT2D eigenvalue weighted by molar-refractivity contribution is 5.94. The van der Waals surface area contributed by atoms with Gasteiger partial charge in [-0.3, -0.25) is 4.68 Å². The number of aryl methyl sites for hydroxylation is 1. The highest BCUT2D eigenvalue weighted by Gasteiger charge is 2.28. The fraction of sp³-hybridized carbons (Fsp3) is 0.250. The Morgan fingerprint density at radius 3 is 2.81 bits per heavy atom. The average Bonchev–Trinajstić information content (AvgIpc) is 3.23. The molecule has 0 unspecified atom stereocenters. The Hall–Kier alpha value is -3.19. The SMILES string of the molecule is Cc1cccc(-c2ccc(C(=O)O)c(N3Cc4cnn(CCO)c4C3)n2)c1. The van der Waals surface area contributed by atoms with E-state index in [1.165, 1.54) is 0 Å². The Bertz CT molecular complexity index is 1010. The number of carboxylic acid groups (broad SMARTS) is 1. The standard InChI is InChI=1S/C20H20N4O3/c1-13-3-2-4-14(9-13)17-6-5-16(20(26)27)19(22-17)23-11-15-10-21-24(7-8-25)18(15)12-23/h2-6,9-10,25H,7-8,11-12H2,1H3,(H,26,27). The van der Waals surface area contributed by atoms with E-state index in [0.29, 0.717) is 25.5 Å². The summed E-state index contributed by atoms with van der Waals surface area (Å²) in [4.78, 5) is 18.4. The van der Waals surface area contributed by atoms with Crippen molar-refractivity contribution in [2.45, 2.75) is 26.6 Å². The first kappa shape index (κ1) is 17.2. The number of aliphatic hydroxyl groups is 1. The van der Waals surface area contributed by atoms with Crippen LogP contribution in [0.3, 0.4) is 0 Å². The van der Waals surface area contributed by atoms with E-state index in [9.17, 15) is 15.0 Å². The van der Waals surface area contributed by atoms with Gasteiger partial charge in [0.1, 0.15) is 11.4 Å². The number of carboxylic acids is 1. The van der Waals surface area contributed by atoms with Crippen LogP contribution in [0.15, 0.2) is 42.6 Å². The second-order valence-electron chi connectivity index (χ2n) is 6.66. The molecule has 0 atom stereocenters. The molecule has 27 heavy (non-hydrogen) atoms. The molecule has 1 aliphatic heterocycles. The molecule has 0 spiro atoms. The van der Waals surface area contributed by atoms with Crippen LogP contribution in [0, 0.1) is 6.92 Å². The molecule has 2 N–H and O–H groups in total. The number of aliphatic hydroxyl groups excluding tert-OH is 1. The van der Waals surface area contributed by atoms with Gasteiger partial charge in [-0.1, -0.05) is 23.8 Å². The number of rotatable bonds is 5. The summed E-state index contributed by atoms with van der Waals surface area (Å²) < 4.78 is 1.76. The van der Waals surface area contributed by atoms with E-state index in [2.05, 4.69) is 5.10 Å². The molecule has 3 heterocycles. The predicted molar refractivity (Wildman–Crippen MR) is 101 cm³/mol. The first-order chi connectivity index (χ1) is 13.1. The van der Waals surface area contributed by atoms with Gasteiger partial charge in [-0.05, 0) is 25.1 Å². The van der Waals surface area contributed by atoms with Gasteiger partial charge < -0.3 is 15.1 Å². The summed E-state index contributed by atoms with van der Waals surface area (Å²) in [5.41, 5.74) is 5.02. The topological polar surface area (TPSA) is 91.5 Å². The molecule has 0 fully saturated rings. The smallest absolute Gasteiger partial charge is 0.339 e. The summed E-state index contributed by atoms with van der Waals surface area (Å²) in [7, 11) is 0. The van der Waals surface area contributed by atoms with Crippen molar-refractivity contribution in [3.63, 3.8) is 0 Å². The molecular formula is C20H20N4O3. The number of fused-ring (bicyclic) bond motifs is 1. The fourth-order valence-corrected chi connectivity index (χ4v) is 3.47. The minimum atomic E-state index is -0.999. The van der Waals surface area contributed by atoms with Crippen LogP contribution in [0.5, 0.6) is 0 Å². The molecule has 0 aliphatic carbocycles. The number of aromatic nitrogens is 3. The minimum Gasteiger partial charge on any atom is -0.478 e. The zero-order chi connectivity index (χ0) is 19.0. The number of aromatic carboxylic acids is 1. The van der Waals surface area contributed by atoms with Gasteiger partial charge >= 0.3 is 5.97 Å². The van der Waals surface area contributed by atoms with Crippen molar-refractivity contribution in [3.8, 4) is 11.3 Å². The third-order valence-electron chi connectivity index (χ3n) is 4.77. The van der Waals surface area contributed by atoms with Gasteiger partial charge in [0.25, 0.3) is 0 Å². The second kappa shape index (κ2) is 6.85. The maximum Gasteiger partial charge on any atom is 0.339 e. The van der Waals surface area contributed by atoms with Crippen LogP contribution in [0.25, 0.3) is 11.3 Å². The molecule has 0 amide bonds. The van der Waals surface area contributed by atoms with E-state index in [4.69, 9.17) is 4.98 Å². The van der Waals surface area contributed by atoms with Gasteiger partial charge in [0, 0.05) is 17.7 Å². The van der Waals surface area contributed by atoms with Crippen LogP contribution >= 0.6 is 0 Å². The minimum absolute atomic E-state index is 0.00951. The van der Waals surface area contributed by atoms with Gasteiger partial charge in [-0.2, -0.15) is 5.10 Å². The van der Waals surface area contributed by atoms with Gasteiger partial charge in [-0.15, -0.1) is 0 Å². The number of benzene rings is 1. The van der Waals surface area contributed by atoms with E-state index >= 15 is 0 Å². The highest BCUT2D eigenvalue weighted by atomic mass is 16.4. The van der Waals surface area contributed by atoms with Crippen LogP contribution < -0.4 is 4.90 Å². The van der Waals surface area contributed by atoms with Gasteiger partial charge in [0.2, 0.25) is 0 Å². The number of hydrogen-bond acceptors (Lipinski definition) is 5. The van der Waals surface area contributed by atoms with Gasteiger partial charge in [-0.25, -0.2) is 9.78 Å². The van der Waals surface area contributed by atoms with E-state index in [-0.39, 0.29) is 12.2 Å². The quantitative estimate of drug-likeness (QED) is 0.723. The molecular weight excluding hydrogens is 344 g/mol. The van der Waals surface area contributed by atoms with Crippen molar-refractivity contribution in [1.29, 1.82) is 0 Å². The number of hydrogen-bond donors (Lipinski definition) is 2. The van der Waals surface area contributed by atoms with E-state index in [0.717, 1.165) is 28.1 Å². The number of nitrogens with zero attached hydrogens (tertiary/aromatic N) is 4. The molecule has 0 saturated carbocycles. The summed E-state index contributed by atoms with van der Waals surface area (Å²) in [6.45, 7) is 3.51. The molecule has 0 saturated heterocycles. The number of anilines is 1.